The Balaban J connectivity index is 0.00000200. The molecule has 1 aliphatic heterocycles. The van der Waals surface area contributed by atoms with Crippen LogP contribution in [0.1, 0.15) is 31.6 Å². The second-order valence-electron chi connectivity index (χ2n) is 5.13. The van der Waals surface area contributed by atoms with Crippen molar-refractivity contribution < 1.29 is 4.79 Å². The van der Waals surface area contributed by atoms with E-state index in [-0.39, 0.29) is 18.3 Å². The maximum Gasteiger partial charge on any atom is 0.226 e. The maximum atomic E-state index is 12.6. The summed E-state index contributed by atoms with van der Waals surface area (Å²) < 4.78 is 0.786. The van der Waals surface area contributed by atoms with Gasteiger partial charge in [-0.15, -0.1) is 23.7 Å². The molecule has 2 rings (SSSR count). The number of nitrogens with zero attached hydrogens (tertiary/aromatic N) is 1. The predicted molar refractivity (Wildman–Crippen MR) is 87.9 cm³/mol. The highest BCUT2D eigenvalue weighted by Crippen LogP contribution is 2.25. The molecule has 2 atom stereocenters. The van der Waals surface area contributed by atoms with Crippen LogP contribution in [0.3, 0.4) is 0 Å². The van der Waals surface area contributed by atoms with Crippen LogP contribution in [0.25, 0.3) is 0 Å². The second kappa shape index (κ2) is 8.23. The first-order chi connectivity index (χ1) is 9.10. The summed E-state index contributed by atoms with van der Waals surface area (Å²) in [6, 6.07) is 4.35. The minimum atomic E-state index is 0. The standard InChI is InChI=1S/C14H21ClN2OS.ClH/c1-3-17(9-12-4-5-13(15)19-12)14(18)11-6-7-16-10(2)8-11;/h4-5,10-11,16H,3,6-9H2,1-2H3;1H/t10-,11-;/m0./s1. The number of hydrogen-bond acceptors (Lipinski definition) is 3. The zero-order valence-corrected chi connectivity index (χ0v) is 14.3. The normalized spacial score (nSPS) is 22.1. The van der Waals surface area contributed by atoms with Gasteiger partial charge < -0.3 is 10.2 Å². The summed E-state index contributed by atoms with van der Waals surface area (Å²) >= 11 is 7.50. The molecule has 0 aromatic carbocycles. The molecular weight excluding hydrogens is 315 g/mol. The quantitative estimate of drug-likeness (QED) is 0.911. The number of carbonyl (C=O) groups excluding carboxylic acids is 1. The highest BCUT2D eigenvalue weighted by Gasteiger charge is 2.28. The molecule has 0 spiro atoms. The third-order valence-corrected chi connectivity index (χ3v) is 4.86. The van der Waals surface area contributed by atoms with Crippen molar-refractivity contribution in [3.63, 3.8) is 0 Å². The number of thiophene rings is 1. The molecule has 1 aromatic heterocycles. The Labute approximate surface area is 136 Å². The van der Waals surface area contributed by atoms with Crippen molar-refractivity contribution in [2.45, 2.75) is 39.3 Å². The Bertz CT molecular complexity index is 439. The molecule has 1 aromatic rings. The van der Waals surface area contributed by atoms with Crippen molar-refractivity contribution in [1.29, 1.82) is 0 Å². The third kappa shape index (κ3) is 4.62. The van der Waals surface area contributed by atoms with E-state index < -0.39 is 0 Å². The van der Waals surface area contributed by atoms with Gasteiger partial charge in [0.15, 0.2) is 0 Å². The molecule has 0 radical (unpaired) electrons. The van der Waals surface area contributed by atoms with Crippen LogP contribution < -0.4 is 5.32 Å². The lowest BCUT2D eigenvalue weighted by atomic mass is 9.92. The van der Waals surface area contributed by atoms with Crippen LogP contribution in [-0.2, 0) is 11.3 Å². The minimum Gasteiger partial charge on any atom is -0.338 e. The zero-order valence-electron chi connectivity index (χ0n) is 11.9. The van der Waals surface area contributed by atoms with Gasteiger partial charge in [0.25, 0.3) is 0 Å². The highest BCUT2D eigenvalue weighted by atomic mass is 35.5. The Morgan fingerprint density at radius 3 is 2.85 bits per heavy atom. The molecule has 1 N–H and O–H groups in total. The van der Waals surface area contributed by atoms with E-state index in [1.54, 1.807) is 11.3 Å². The minimum absolute atomic E-state index is 0. The van der Waals surface area contributed by atoms with Gasteiger partial charge in [-0.05, 0) is 45.4 Å². The summed E-state index contributed by atoms with van der Waals surface area (Å²) in [5.74, 6) is 0.465. The van der Waals surface area contributed by atoms with Gasteiger partial charge in [-0.3, -0.25) is 4.79 Å². The van der Waals surface area contributed by atoms with Crippen molar-refractivity contribution in [2.75, 3.05) is 13.1 Å². The Kier molecular flexibility index (Phi) is 7.30. The molecule has 1 amide bonds. The Hall–Kier alpha value is -0.290. The van der Waals surface area contributed by atoms with Gasteiger partial charge in [-0.25, -0.2) is 0 Å². The largest absolute Gasteiger partial charge is 0.338 e. The van der Waals surface area contributed by atoms with Crippen LogP contribution in [0.15, 0.2) is 12.1 Å². The van der Waals surface area contributed by atoms with Crippen LogP contribution in [0.5, 0.6) is 0 Å². The third-order valence-electron chi connectivity index (χ3n) is 3.64. The van der Waals surface area contributed by atoms with E-state index in [0.29, 0.717) is 18.5 Å². The summed E-state index contributed by atoms with van der Waals surface area (Å²) in [7, 11) is 0. The average molecular weight is 337 g/mol. The smallest absolute Gasteiger partial charge is 0.226 e. The van der Waals surface area contributed by atoms with Gasteiger partial charge in [0.05, 0.1) is 10.9 Å². The highest BCUT2D eigenvalue weighted by molar-refractivity contribution is 7.16. The Morgan fingerprint density at radius 1 is 1.55 bits per heavy atom. The molecule has 0 aliphatic carbocycles. The molecule has 2 heterocycles. The number of amides is 1. The van der Waals surface area contributed by atoms with Gasteiger partial charge in [0.1, 0.15) is 0 Å². The molecular formula is C14H22Cl2N2OS. The summed E-state index contributed by atoms with van der Waals surface area (Å²) in [6.45, 7) is 6.57. The van der Waals surface area contributed by atoms with Crippen molar-refractivity contribution >= 4 is 41.3 Å². The second-order valence-corrected chi connectivity index (χ2v) is 6.93. The summed E-state index contributed by atoms with van der Waals surface area (Å²) in [4.78, 5) is 15.7. The first-order valence-electron chi connectivity index (χ1n) is 6.86. The van der Waals surface area contributed by atoms with Crippen LogP contribution in [0.4, 0.5) is 0 Å². The predicted octanol–water partition coefficient (Wildman–Crippen LogP) is 3.56. The topological polar surface area (TPSA) is 32.3 Å². The summed E-state index contributed by atoms with van der Waals surface area (Å²) in [5.41, 5.74) is 0. The molecule has 114 valence electrons. The lowest BCUT2D eigenvalue weighted by molar-refractivity contribution is -0.137. The van der Waals surface area contributed by atoms with Gasteiger partial charge in [-0.1, -0.05) is 11.6 Å². The maximum absolute atomic E-state index is 12.6. The van der Waals surface area contributed by atoms with Gasteiger partial charge >= 0.3 is 0 Å². The van der Waals surface area contributed by atoms with E-state index >= 15 is 0 Å². The number of rotatable bonds is 4. The van der Waals surface area contributed by atoms with E-state index in [1.807, 2.05) is 24.0 Å². The van der Waals surface area contributed by atoms with E-state index in [1.165, 1.54) is 0 Å². The van der Waals surface area contributed by atoms with E-state index in [2.05, 4.69) is 12.2 Å². The molecule has 0 unspecified atom stereocenters. The van der Waals surface area contributed by atoms with Crippen LogP contribution >= 0.6 is 35.3 Å². The fourth-order valence-electron chi connectivity index (χ4n) is 2.58. The molecule has 20 heavy (non-hydrogen) atoms. The fraction of sp³-hybridized carbons (Fsp3) is 0.643. The lowest BCUT2D eigenvalue weighted by Crippen LogP contribution is -2.43. The SMILES string of the molecule is CCN(Cc1ccc(Cl)s1)C(=O)[C@H]1CCN[C@@H](C)C1.Cl. The monoisotopic (exact) mass is 336 g/mol. The molecule has 1 fully saturated rings. The Morgan fingerprint density at radius 2 is 2.30 bits per heavy atom. The zero-order chi connectivity index (χ0) is 13.8. The van der Waals surface area contributed by atoms with Crippen molar-refractivity contribution in [1.82, 2.24) is 10.2 Å². The number of carbonyl (C=O) groups is 1. The van der Waals surface area contributed by atoms with Crippen molar-refractivity contribution in [3.8, 4) is 0 Å². The summed E-state index contributed by atoms with van der Waals surface area (Å²) in [6.07, 6.45) is 1.89. The van der Waals surface area contributed by atoms with Gasteiger partial charge in [0.2, 0.25) is 5.91 Å². The number of halogens is 2. The lowest BCUT2D eigenvalue weighted by Gasteiger charge is -2.31. The van der Waals surface area contributed by atoms with E-state index in [4.69, 9.17) is 11.6 Å². The molecule has 3 nitrogen and oxygen atoms in total. The van der Waals surface area contributed by atoms with Gasteiger partial charge in [0, 0.05) is 23.4 Å². The molecule has 1 aliphatic rings. The number of piperidine rings is 1. The van der Waals surface area contributed by atoms with Crippen molar-refractivity contribution in [3.05, 3.63) is 21.3 Å². The van der Waals surface area contributed by atoms with E-state index in [9.17, 15) is 4.79 Å². The van der Waals surface area contributed by atoms with Crippen molar-refractivity contribution in [2.24, 2.45) is 5.92 Å². The van der Waals surface area contributed by atoms with Crippen LogP contribution in [-0.4, -0.2) is 29.9 Å². The molecule has 6 heteroatoms. The number of nitrogens with one attached hydrogen (secondary N) is 1. The fourth-order valence-corrected chi connectivity index (χ4v) is 3.69. The first-order valence-corrected chi connectivity index (χ1v) is 8.06. The van der Waals surface area contributed by atoms with Gasteiger partial charge in [-0.2, -0.15) is 0 Å². The first kappa shape index (κ1) is 17.8. The van der Waals surface area contributed by atoms with Crippen LogP contribution in [0, 0.1) is 5.92 Å². The van der Waals surface area contributed by atoms with Crippen LogP contribution in [0.2, 0.25) is 4.34 Å². The summed E-state index contributed by atoms with van der Waals surface area (Å²) in [5, 5.41) is 3.39. The number of hydrogen-bond donors (Lipinski definition) is 1. The molecule has 0 saturated carbocycles. The molecule has 0 bridgehead atoms. The average Bonchev–Trinajstić information content (AvgIpc) is 2.81. The van der Waals surface area contributed by atoms with E-state index in [0.717, 1.165) is 35.1 Å². The molecule has 1 saturated heterocycles.